The minimum absolute atomic E-state index is 0.0920. The van der Waals surface area contributed by atoms with Crippen molar-refractivity contribution < 1.29 is 22.7 Å². The second-order valence-corrected chi connectivity index (χ2v) is 7.90. The molecule has 8 nitrogen and oxygen atoms in total. The number of carbonyl (C=O) groups excluding carboxylic acids is 2. The lowest BCUT2D eigenvalue weighted by Crippen LogP contribution is -2.35. The van der Waals surface area contributed by atoms with Gasteiger partial charge in [-0.2, -0.15) is 9.98 Å². The molecular formula is C20H21N3O5S. The summed E-state index contributed by atoms with van der Waals surface area (Å²) in [5.74, 6) is -1.43. The quantitative estimate of drug-likeness (QED) is 0.635. The van der Waals surface area contributed by atoms with Crippen molar-refractivity contribution in [1.82, 2.24) is 4.72 Å². The standard InChI is InChI=1S/C20H21N3O5S/c1-3-15-4-8-17(9-5-15)23-20(25)14(2)28-19(24)13-22-29(26,27)18-10-6-16(12-21)7-11-18/h4-11,14,22H,3,13H2,1-2H3,(H,23,25)/t14-/m0/s1. The predicted octanol–water partition coefficient (Wildman–Crippen LogP) is 1.97. The van der Waals surface area contributed by atoms with Gasteiger partial charge in [-0.05, 0) is 55.3 Å². The molecule has 1 amide bonds. The van der Waals surface area contributed by atoms with Gasteiger partial charge in [0.25, 0.3) is 5.91 Å². The molecule has 0 heterocycles. The minimum Gasteiger partial charge on any atom is -0.452 e. The maximum atomic E-state index is 12.2. The van der Waals surface area contributed by atoms with Gasteiger partial charge >= 0.3 is 5.97 Å². The number of amides is 1. The van der Waals surface area contributed by atoms with E-state index in [1.165, 1.54) is 31.2 Å². The SMILES string of the molecule is CCc1ccc(NC(=O)[C@H](C)OC(=O)CNS(=O)(=O)c2ccc(C#N)cc2)cc1. The summed E-state index contributed by atoms with van der Waals surface area (Å²) in [6.07, 6.45) is -0.228. The third-order valence-electron chi connectivity index (χ3n) is 4.01. The Morgan fingerprint density at radius 2 is 1.72 bits per heavy atom. The fourth-order valence-corrected chi connectivity index (χ4v) is 3.27. The molecule has 0 saturated carbocycles. The van der Waals surface area contributed by atoms with Crippen LogP contribution in [0.2, 0.25) is 0 Å². The maximum Gasteiger partial charge on any atom is 0.321 e. The first-order valence-corrected chi connectivity index (χ1v) is 10.3. The molecular weight excluding hydrogens is 394 g/mol. The Balaban J connectivity index is 1.86. The summed E-state index contributed by atoms with van der Waals surface area (Å²) in [6, 6.07) is 14.4. The molecule has 2 N–H and O–H groups in total. The summed E-state index contributed by atoms with van der Waals surface area (Å²) >= 11 is 0. The summed E-state index contributed by atoms with van der Waals surface area (Å²) in [4.78, 5) is 23.9. The highest BCUT2D eigenvalue weighted by Crippen LogP contribution is 2.12. The second kappa shape index (κ2) is 9.82. The van der Waals surface area contributed by atoms with E-state index in [4.69, 9.17) is 10.00 Å². The summed E-state index contributed by atoms with van der Waals surface area (Å²) in [5, 5.41) is 11.4. The molecule has 29 heavy (non-hydrogen) atoms. The first-order valence-electron chi connectivity index (χ1n) is 8.84. The van der Waals surface area contributed by atoms with Gasteiger partial charge in [0, 0.05) is 5.69 Å². The highest BCUT2D eigenvalue weighted by atomic mass is 32.2. The normalized spacial score (nSPS) is 11.9. The first-order chi connectivity index (χ1) is 13.7. The minimum atomic E-state index is -3.95. The number of aryl methyl sites for hydroxylation is 1. The van der Waals surface area contributed by atoms with Crippen LogP contribution in [0, 0.1) is 11.3 Å². The zero-order valence-corrected chi connectivity index (χ0v) is 16.8. The van der Waals surface area contributed by atoms with Crippen LogP contribution in [0.25, 0.3) is 0 Å². The van der Waals surface area contributed by atoms with E-state index in [0.717, 1.165) is 12.0 Å². The Kier molecular flexibility index (Phi) is 7.47. The average molecular weight is 415 g/mol. The molecule has 0 fully saturated rings. The number of nitrogens with zero attached hydrogens (tertiary/aromatic N) is 1. The Morgan fingerprint density at radius 3 is 2.28 bits per heavy atom. The van der Waals surface area contributed by atoms with Crippen molar-refractivity contribution in [3.8, 4) is 6.07 Å². The molecule has 0 aliphatic heterocycles. The third kappa shape index (κ3) is 6.41. The summed E-state index contributed by atoms with van der Waals surface area (Å²) in [5.41, 5.74) is 2.00. The van der Waals surface area contributed by atoms with Crippen molar-refractivity contribution in [1.29, 1.82) is 5.26 Å². The highest BCUT2D eigenvalue weighted by molar-refractivity contribution is 7.89. The Morgan fingerprint density at radius 1 is 1.10 bits per heavy atom. The van der Waals surface area contributed by atoms with Gasteiger partial charge < -0.3 is 10.1 Å². The van der Waals surface area contributed by atoms with Crippen molar-refractivity contribution in [3.05, 3.63) is 59.7 Å². The van der Waals surface area contributed by atoms with Crippen LogP contribution < -0.4 is 10.0 Å². The van der Waals surface area contributed by atoms with E-state index < -0.39 is 34.5 Å². The van der Waals surface area contributed by atoms with Crippen molar-refractivity contribution in [2.75, 3.05) is 11.9 Å². The van der Waals surface area contributed by atoms with Gasteiger partial charge in [0.05, 0.1) is 16.5 Å². The van der Waals surface area contributed by atoms with Crippen LogP contribution in [0.15, 0.2) is 53.4 Å². The molecule has 9 heteroatoms. The number of benzene rings is 2. The van der Waals surface area contributed by atoms with Crippen LogP contribution in [-0.2, 0) is 30.8 Å². The monoisotopic (exact) mass is 415 g/mol. The number of rotatable bonds is 8. The Hall–Kier alpha value is -3.22. The van der Waals surface area contributed by atoms with Crippen molar-refractivity contribution in [2.45, 2.75) is 31.3 Å². The number of nitriles is 1. The van der Waals surface area contributed by atoms with Crippen molar-refractivity contribution in [3.63, 3.8) is 0 Å². The zero-order valence-electron chi connectivity index (χ0n) is 16.0. The average Bonchev–Trinajstić information content (AvgIpc) is 2.73. The van der Waals surface area contributed by atoms with Crippen LogP contribution in [0.3, 0.4) is 0 Å². The number of esters is 1. The maximum absolute atomic E-state index is 12.2. The van der Waals surface area contributed by atoms with Crippen LogP contribution in [0.5, 0.6) is 0 Å². The Bertz CT molecular complexity index is 1010. The van der Waals surface area contributed by atoms with E-state index in [0.29, 0.717) is 11.3 Å². The topological polar surface area (TPSA) is 125 Å². The number of anilines is 1. The fourth-order valence-electron chi connectivity index (χ4n) is 2.31. The van der Waals surface area contributed by atoms with Gasteiger partial charge in [-0.25, -0.2) is 8.42 Å². The van der Waals surface area contributed by atoms with E-state index in [1.54, 1.807) is 12.1 Å². The number of hydrogen-bond donors (Lipinski definition) is 2. The van der Waals surface area contributed by atoms with E-state index in [-0.39, 0.29) is 4.90 Å². The molecule has 2 aromatic rings. The van der Waals surface area contributed by atoms with Gasteiger partial charge in [-0.1, -0.05) is 19.1 Å². The molecule has 0 aliphatic rings. The van der Waals surface area contributed by atoms with Crippen molar-refractivity contribution >= 4 is 27.6 Å². The molecule has 152 valence electrons. The summed E-state index contributed by atoms with van der Waals surface area (Å²) in [6.45, 7) is 2.78. The van der Waals surface area contributed by atoms with Gasteiger partial charge in [0.2, 0.25) is 10.0 Å². The Labute approximate surface area is 169 Å². The lowest BCUT2D eigenvalue weighted by Gasteiger charge is -2.14. The molecule has 0 radical (unpaired) electrons. The number of carbonyl (C=O) groups is 2. The number of nitrogens with one attached hydrogen (secondary N) is 2. The molecule has 0 unspecified atom stereocenters. The zero-order chi connectivity index (χ0) is 21.4. The predicted molar refractivity (Wildman–Crippen MR) is 106 cm³/mol. The largest absolute Gasteiger partial charge is 0.452 e. The van der Waals surface area contributed by atoms with E-state index in [9.17, 15) is 18.0 Å². The summed E-state index contributed by atoms with van der Waals surface area (Å²) in [7, 11) is -3.95. The first kappa shape index (κ1) is 22.1. The molecule has 0 bridgehead atoms. The lowest BCUT2D eigenvalue weighted by atomic mass is 10.1. The van der Waals surface area contributed by atoms with Gasteiger partial charge in [-0.15, -0.1) is 0 Å². The fraction of sp³-hybridized carbons (Fsp3) is 0.250. The van der Waals surface area contributed by atoms with E-state index in [2.05, 4.69) is 10.0 Å². The number of sulfonamides is 1. The van der Waals surface area contributed by atoms with Crippen LogP contribution in [0.4, 0.5) is 5.69 Å². The molecule has 0 spiro atoms. The number of hydrogen-bond acceptors (Lipinski definition) is 6. The smallest absolute Gasteiger partial charge is 0.321 e. The molecule has 0 aromatic heterocycles. The van der Waals surface area contributed by atoms with E-state index >= 15 is 0 Å². The lowest BCUT2D eigenvalue weighted by molar-refractivity contribution is -0.151. The molecule has 1 atom stereocenters. The van der Waals surface area contributed by atoms with Crippen LogP contribution in [0.1, 0.15) is 25.0 Å². The molecule has 2 rings (SSSR count). The molecule has 2 aromatic carbocycles. The molecule has 0 saturated heterocycles. The molecule has 0 aliphatic carbocycles. The number of ether oxygens (including phenoxy) is 1. The van der Waals surface area contributed by atoms with Crippen molar-refractivity contribution in [2.24, 2.45) is 0 Å². The van der Waals surface area contributed by atoms with Crippen LogP contribution >= 0.6 is 0 Å². The van der Waals surface area contributed by atoms with Gasteiger partial charge in [-0.3, -0.25) is 9.59 Å². The highest BCUT2D eigenvalue weighted by Gasteiger charge is 2.20. The van der Waals surface area contributed by atoms with Crippen LogP contribution in [-0.4, -0.2) is 32.9 Å². The summed E-state index contributed by atoms with van der Waals surface area (Å²) < 4.78 is 31.4. The third-order valence-corrected chi connectivity index (χ3v) is 5.42. The second-order valence-electron chi connectivity index (χ2n) is 6.13. The van der Waals surface area contributed by atoms with E-state index in [1.807, 2.05) is 25.1 Å². The van der Waals surface area contributed by atoms with Gasteiger partial charge in [0.15, 0.2) is 6.10 Å². The van der Waals surface area contributed by atoms with Gasteiger partial charge in [0.1, 0.15) is 6.54 Å².